The van der Waals surface area contributed by atoms with Crippen molar-refractivity contribution < 1.29 is 14.6 Å². The molecule has 1 saturated heterocycles. The summed E-state index contributed by atoms with van der Waals surface area (Å²) < 4.78 is 11.3. The largest absolute Gasteiger partial charge is 0.396 e. The molecule has 1 aliphatic heterocycles. The van der Waals surface area contributed by atoms with E-state index in [1.807, 2.05) is 0 Å². The molecule has 1 N–H and O–H groups in total. The van der Waals surface area contributed by atoms with Crippen molar-refractivity contribution in [1.82, 2.24) is 0 Å². The summed E-state index contributed by atoms with van der Waals surface area (Å²) in [4.78, 5) is 0. The van der Waals surface area contributed by atoms with Crippen molar-refractivity contribution in [3.63, 3.8) is 0 Å². The molecule has 0 aliphatic carbocycles. The lowest BCUT2D eigenvalue weighted by molar-refractivity contribution is 0.0149. The van der Waals surface area contributed by atoms with Crippen LogP contribution in [0.15, 0.2) is 0 Å². The fourth-order valence-electron chi connectivity index (χ4n) is 3.64. The molecular weight excluding hydrogens is 312 g/mol. The summed E-state index contributed by atoms with van der Waals surface area (Å²) in [5.41, 5.74) is 0. The number of unbranched alkanes of at least 4 members (excludes halogenated alkanes) is 13. The number of hydrogen-bond acceptors (Lipinski definition) is 3. The van der Waals surface area contributed by atoms with Crippen LogP contribution in [0.25, 0.3) is 0 Å². The highest BCUT2D eigenvalue weighted by Crippen LogP contribution is 2.19. The van der Waals surface area contributed by atoms with Crippen LogP contribution in [0.1, 0.15) is 103 Å². The second kappa shape index (κ2) is 17.3. The van der Waals surface area contributed by atoms with Gasteiger partial charge >= 0.3 is 0 Å². The average Bonchev–Trinajstić information content (AvgIpc) is 3.09. The second-order valence-corrected chi connectivity index (χ2v) is 7.91. The van der Waals surface area contributed by atoms with Gasteiger partial charge in [0, 0.05) is 19.1 Å². The lowest BCUT2D eigenvalue weighted by atomic mass is 10.0. The Bertz CT molecular complexity index is 270. The summed E-state index contributed by atoms with van der Waals surface area (Å²) >= 11 is 0. The zero-order valence-electron chi connectivity index (χ0n) is 16.9. The zero-order valence-corrected chi connectivity index (χ0v) is 16.9. The van der Waals surface area contributed by atoms with E-state index in [0.29, 0.717) is 19.1 Å². The molecule has 150 valence electrons. The Morgan fingerprint density at radius 3 is 1.80 bits per heavy atom. The number of rotatable bonds is 18. The van der Waals surface area contributed by atoms with Crippen LogP contribution in [0.2, 0.25) is 0 Å². The minimum atomic E-state index is 0.212. The van der Waals surface area contributed by atoms with Crippen molar-refractivity contribution in [1.29, 1.82) is 0 Å². The van der Waals surface area contributed by atoms with Gasteiger partial charge in [0.2, 0.25) is 0 Å². The molecule has 2 atom stereocenters. The molecule has 1 aliphatic rings. The SMILES string of the molecule is CCCCCCCCCCCCCCCCOC[C@H]1C[C@H](CO)CO1. The van der Waals surface area contributed by atoms with Crippen LogP contribution in [-0.4, -0.2) is 37.6 Å². The van der Waals surface area contributed by atoms with Gasteiger partial charge in [-0.2, -0.15) is 0 Å². The maximum Gasteiger partial charge on any atom is 0.0813 e. The molecule has 0 aromatic rings. The Morgan fingerprint density at radius 2 is 1.32 bits per heavy atom. The summed E-state index contributed by atoms with van der Waals surface area (Å²) in [6.45, 7) is 4.79. The highest BCUT2D eigenvalue weighted by molar-refractivity contribution is 4.72. The Morgan fingerprint density at radius 1 is 0.800 bits per heavy atom. The first kappa shape index (κ1) is 22.9. The molecule has 0 unspecified atom stereocenters. The molecule has 0 radical (unpaired) electrons. The highest BCUT2D eigenvalue weighted by Gasteiger charge is 2.24. The number of hydrogen-bond donors (Lipinski definition) is 1. The van der Waals surface area contributed by atoms with Gasteiger partial charge in [0.15, 0.2) is 0 Å². The molecule has 1 fully saturated rings. The first-order valence-electron chi connectivity index (χ1n) is 11.2. The summed E-state index contributed by atoms with van der Waals surface area (Å²) in [5, 5.41) is 9.08. The van der Waals surface area contributed by atoms with Crippen LogP contribution < -0.4 is 0 Å². The van der Waals surface area contributed by atoms with E-state index in [1.54, 1.807) is 0 Å². The molecule has 0 aromatic carbocycles. The lowest BCUT2D eigenvalue weighted by Gasteiger charge is -2.10. The van der Waals surface area contributed by atoms with Crippen LogP contribution in [0, 0.1) is 5.92 Å². The van der Waals surface area contributed by atoms with Gasteiger partial charge in [-0.3, -0.25) is 0 Å². The van der Waals surface area contributed by atoms with Crippen LogP contribution in [0.3, 0.4) is 0 Å². The van der Waals surface area contributed by atoms with Crippen LogP contribution >= 0.6 is 0 Å². The van der Waals surface area contributed by atoms with E-state index in [-0.39, 0.29) is 12.7 Å². The minimum Gasteiger partial charge on any atom is -0.396 e. The van der Waals surface area contributed by atoms with Crippen molar-refractivity contribution >= 4 is 0 Å². The summed E-state index contributed by atoms with van der Waals surface area (Å²) in [7, 11) is 0. The Hall–Kier alpha value is -0.120. The van der Waals surface area contributed by atoms with Gasteiger partial charge in [-0.1, -0.05) is 90.4 Å². The van der Waals surface area contributed by atoms with Crippen molar-refractivity contribution in [3.05, 3.63) is 0 Å². The summed E-state index contributed by atoms with van der Waals surface area (Å²) in [6, 6.07) is 0. The van der Waals surface area contributed by atoms with Crippen LogP contribution in [-0.2, 0) is 9.47 Å². The number of ether oxygens (including phenoxy) is 2. The molecule has 25 heavy (non-hydrogen) atoms. The van der Waals surface area contributed by atoms with E-state index in [2.05, 4.69) is 6.92 Å². The average molecular weight is 357 g/mol. The number of aliphatic hydroxyl groups is 1. The Balaban J connectivity index is 1.68. The van der Waals surface area contributed by atoms with Gasteiger partial charge in [0.05, 0.1) is 19.3 Å². The van der Waals surface area contributed by atoms with Crippen molar-refractivity contribution in [2.45, 2.75) is 109 Å². The summed E-state index contributed by atoms with van der Waals surface area (Å²) in [5.74, 6) is 0.328. The topological polar surface area (TPSA) is 38.7 Å². The lowest BCUT2D eigenvalue weighted by Crippen LogP contribution is -2.15. The quantitative estimate of drug-likeness (QED) is 0.312. The Kier molecular flexibility index (Phi) is 15.9. The molecule has 0 amide bonds. The van der Waals surface area contributed by atoms with E-state index in [1.165, 1.54) is 89.9 Å². The van der Waals surface area contributed by atoms with E-state index < -0.39 is 0 Å². The molecular formula is C22H44O3. The third-order valence-corrected chi connectivity index (χ3v) is 5.37. The van der Waals surface area contributed by atoms with Gasteiger partial charge in [0.1, 0.15) is 0 Å². The van der Waals surface area contributed by atoms with E-state index in [4.69, 9.17) is 14.6 Å². The van der Waals surface area contributed by atoms with E-state index >= 15 is 0 Å². The van der Waals surface area contributed by atoms with Gasteiger partial charge in [-0.25, -0.2) is 0 Å². The van der Waals surface area contributed by atoms with Crippen molar-refractivity contribution in [2.24, 2.45) is 5.92 Å². The molecule has 0 aromatic heterocycles. The predicted octanol–water partition coefficient (Wildman–Crippen LogP) is 5.88. The first-order chi connectivity index (χ1) is 12.4. The van der Waals surface area contributed by atoms with Crippen LogP contribution in [0.5, 0.6) is 0 Å². The minimum absolute atomic E-state index is 0.212. The smallest absolute Gasteiger partial charge is 0.0813 e. The molecule has 0 spiro atoms. The molecule has 0 bridgehead atoms. The maximum absolute atomic E-state index is 9.08. The predicted molar refractivity (Wildman–Crippen MR) is 106 cm³/mol. The summed E-state index contributed by atoms with van der Waals surface area (Å²) in [6.07, 6.45) is 20.7. The molecule has 3 nitrogen and oxygen atoms in total. The molecule has 1 rings (SSSR count). The fourth-order valence-corrected chi connectivity index (χ4v) is 3.64. The van der Waals surface area contributed by atoms with E-state index in [0.717, 1.165) is 13.0 Å². The molecule has 1 heterocycles. The number of aliphatic hydroxyl groups excluding tert-OH is 1. The molecule has 0 saturated carbocycles. The van der Waals surface area contributed by atoms with Gasteiger partial charge < -0.3 is 14.6 Å². The standard InChI is InChI=1S/C22H44O3/c1-2-3-4-5-6-7-8-9-10-11-12-13-14-15-16-24-20-22-17-21(18-23)19-25-22/h21-23H,2-20H2,1H3/t21-,22-/m1/s1. The fraction of sp³-hybridized carbons (Fsp3) is 1.00. The monoisotopic (exact) mass is 356 g/mol. The van der Waals surface area contributed by atoms with Crippen molar-refractivity contribution in [2.75, 3.05) is 26.4 Å². The van der Waals surface area contributed by atoms with Crippen molar-refractivity contribution in [3.8, 4) is 0 Å². The van der Waals surface area contributed by atoms with Gasteiger partial charge in [0.25, 0.3) is 0 Å². The second-order valence-electron chi connectivity index (χ2n) is 7.91. The maximum atomic E-state index is 9.08. The molecule has 3 heteroatoms. The zero-order chi connectivity index (χ0) is 18.0. The normalized spacial score (nSPS) is 20.4. The first-order valence-corrected chi connectivity index (χ1v) is 11.2. The van der Waals surface area contributed by atoms with Gasteiger partial charge in [-0.15, -0.1) is 0 Å². The van der Waals surface area contributed by atoms with Gasteiger partial charge in [-0.05, 0) is 12.8 Å². The Labute approximate surface area is 156 Å². The highest BCUT2D eigenvalue weighted by atomic mass is 16.5. The van der Waals surface area contributed by atoms with E-state index in [9.17, 15) is 0 Å². The van der Waals surface area contributed by atoms with Crippen LogP contribution in [0.4, 0.5) is 0 Å². The third-order valence-electron chi connectivity index (χ3n) is 5.37. The third kappa shape index (κ3) is 13.7.